The number of rotatable bonds is 7. The van der Waals surface area contributed by atoms with Crippen LogP contribution in [0.5, 0.6) is 0 Å². The van der Waals surface area contributed by atoms with Crippen LogP contribution in [0.1, 0.15) is 30.8 Å². The number of pyridine rings is 1. The zero-order chi connectivity index (χ0) is 15.9. The molecular weight excluding hydrogens is 282 g/mol. The third-order valence-corrected chi connectivity index (χ3v) is 4.08. The molecule has 0 aromatic carbocycles. The summed E-state index contributed by atoms with van der Waals surface area (Å²) in [5, 5.41) is 9.07. The van der Waals surface area contributed by atoms with Crippen LogP contribution in [-0.2, 0) is 4.74 Å². The number of hydrogen-bond donors (Lipinski definition) is 1. The highest BCUT2D eigenvalue weighted by Crippen LogP contribution is 2.19. The molecule has 1 fully saturated rings. The normalized spacial score (nSPS) is 19.4. The molecule has 22 heavy (non-hydrogen) atoms. The average Bonchev–Trinajstić information content (AvgIpc) is 2.55. The van der Waals surface area contributed by atoms with Gasteiger partial charge in [-0.2, -0.15) is 0 Å². The smallest absolute Gasteiger partial charge is 0.354 e. The van der Waals surface area contributed by atoms with E-state index in [0.717, 1.165) is 51.6 Å². The summed E-state index contributed by atoms with van der Waals surface area (Å²) in [4.78, 5) is 19.9. The van der Waals surface area contributed by atoms with Crippen molar-refractivity contribution >= 4 is 11.8 Å². The van der Waals surface area contributed by atoms with E-state index in [1.807, 2.05) is 13.0 Å². The van der Waals surface area contributed by atoms with Crippen LogP contribution in [0.2, 0.25) is 0 Å². The van der Waals surface area contributed by atoms with Crippen LogP contribution in [-0.4, -0.2) is 66.4 Å². The highest BCUT2D eigenvalue weighted by Gasteiger charge is 2.26. The van der Waals surface area contributed by atoms with E-state index >= 15 is 0 Å². The molecular formula is C16H25N3O3. The molecule has 1 N–H and O–H groups in total. The molecule has 1 aliphatic rings. The highest BCUT2D eigenvalue weighted by atomic mass is 16.5. The molecule has 1 unspecified atom stereocenters. The second-order valence-corrected chi connectivity index (χ2v) is 5.43. The fraction of sp³-hybridized carbons (Fsp3) is 0.625. The number of carbonyl (C=O) groups is 1. The van der Waals surface area contributed by atoms with Crippen LogP contribution in [0, 0.1) is 0 Å². The number of nitrogens with zero attached hydrogens (tertiary/aromatic N) is 3. The molecule has 1 saturated heterocycles. The maximum Gasteiger partial charge on any atom is 0.354 e. The van der Waals surface area contributed by atoms with Crippen molar-refractivity contribution in [1.82, 2.24) is 9.88 Å². The summed E-state index contributed by atoms with van der Waals surface area (Å²) < 4.78 is 5.45. The molecule has 1 aliphatic heterocycles. The van der Waals surface area contributed by atoms with E-state index in [1.54, 1.807) is 6.07 Å². The van der Waals surface area contributed by atoms with E-state index in [0.29, 0.717) is 6.04 Å². The van der Waals surface area contributed by atoms with Gasteiger partial charge in [0.15, 0.2) is 5.69 Å². The number of hydrogen-bond acceptors (Lipinski definition) is 5. The quantitative estimate of drug-likeness (QED) is 0.774. The Bertz CT molecular complexity index is 495. The van der Waals surface area contributed by atoms with Crippen molar-refractivity contribution in [3.05, 3.63) is 23.9 Å². The summed E-state index contributed by atoms with van der Waals surface area (Å²) in [5.41, 5.74) is 0.101. The number of carboxylic acid groups (broad SMARTS) is 1. The molecule has 122 valence electrons. The van der Waals surface area contributed by atoms with Crippen LogP contribution in [0.25, 0.3) is 0 Å². The summed E-state index contributed by atoms with van der Waals surface area (Å²) in [6.07, 6.45) is 1.06. The molecule has 0 radical (unpaired) electrons. The van der Waals surface area contributed by atoms with Gasteiger partial charge in [0.25, 0.3) is 0 Å². The van der Waals surface area contributed by atoms with Crippen molar-refractivity contribution in [3.63, 3.8) is 0 Å². The van der Waals surface area contributed by atoms with E-state index in [-0.39, 0.29) is 5.69 Å². The van der Waals surface area contributed by atoms with Gasteiger partial charge in [-0.1, -0.05) is 13.0 Å². The van der Waals surface area contributed by atoms with Crippen molar-refractivity contribution in [3.8, 4) is 0 Å². The van der Waals surface area contributed by atoms with Crippen molar-refractivity contribution < 1.29 is 14.6 Å². The molecule has 1 aromatic rings. The molecule has 0 bridgehead atoms. The van der Waals surface area contributed by atoms with E-state index in [9.17, 15) is 4.79 Å². The number of aromatic carboxylic acids is 1. The lowest BCUT2D eigenvalue weighted by atomic mass is 10.1. The Morgan fingerprint density at radius 2 is 2.23 bits per heavy atom. The lowest BCUT2D eigenvalue weighted by Gasteiger charge is -2.41. The van der Waals surface area contributed by atoms with Gasteiger partial charge in [-0.05, 0) is 25.5 Å². The van der Waals surface area contributed by atoms with Crippen LogP contribution < -0.4 is 4.90 Å². The fourth-order valence-corrected chi connectivity index (χ4v) is 2.83. The van der Waals surface area contributed by atoms with E-state index in [1.165, 1.54) is 6.07 Å². The van der Waals surface area contributed by atoms with Gasteiger partial charge in [-0.25, -0.2) is 9.78 Å². The number of anilines is 1. The Morgan fingerprint density at radius 3 is 2.91 bits per heavy atom. The summed E-state index contributed by atoms with van der Waals surface area (Å²) >= 11 is 0. The summed E-state index contributed by atoms with van der Waals surface area (Å²) in [5.74, 6) is -0.230. The first-order valence-corrected chi connectivity index (χ1v) is 7.92. The van der Waals surface area contributed by atoms with Gasteiger partial charge >= 0.3 is 5.97 Å². The van der Waals surface area contributed by atoms with Gasteiger partial charge in [-0.15, -0.1) is 0 Å². The molecule has 2 heterocycles. The van der Waals surface area contributed by atoms with Crippen molar-refractivity contribution in [1.29, 1.82) is 0 Å². The first-order chi connectivity index (χ1) is 10.7. The van der Waals surface area contributed by atoms with Gasteiger partial charge in [0, 0.05) is 38.8 Å². The molecule has 0 saturated carbocycles. The number of aromatic nitrogens is 1. The molecule has 0 amide bonds. The lowest BCUT2D eigenvalue weighted by molar-refractivity contribution is 0.0690. The van der Waals surface area contributed by atoms with Gasteiger partial charge in [0.05, 0.1) is 6.61 Å². The minimum atomic E-state index is -0.982. The average molecular weight is 307 g/mol. The van der Waals surface area contributed by atoms with Crippen LogP contribution in [0.15, 0.2) is 18.2 Å². The van der Waals surface area contributed by atoms with Crippen molar-refractivity contribution in [2.75, 3.05) is 44.3 Å². The number of piperazine rings is 1. The molecule has 1 atom stereocenters. The first-order valence-electron chi connectivity index (χ1n) is 7.92. The second kappa shape index (κ2) is 8.10. The zero-order valence-electron chi connectivity index (χ0n) is 13.4. The second-order valence-electron chi connectivity index (χ2n) is 5.43. The van der Waals surface area contributed by atoms with Gasteiger partial charge in [-0.3, -0.25) is 4.90 Å². The predicted molar refractivity (Wildman–Crippen MR) is 85.6 cm³/mol. The predicted octanol–water partition coefficient (Wildman–Crippen LogP) is 1.72. The third-order valence-electron chi connectivity index (χ3n) is 4.08. The first kappa shape index (κ1) is 16.7. The molecule has 0 spiro atoms. The zero-order valence-corrected chi connectivity index (χ0v) is 13.4. The number of carboxylic acids is 1. The Morgan fingerprint density at radius 1 is 1.41 bits per heavy atom. The topological polar surface area (TPSA) is 65.9 Å². The van der Waals surface area contributed by atoms with Gasteiger partial charge in [0.1, 0.15) is 5.82 Å². The van der Waals surface area contributed by atoms with Crippen LogP contribution >= 0.6 is 0 Å². The summed E-state index contributed by atoms with van der Waals surface area (Å²) in [6.45, 7) is 9.34. The molecule has 6 nitrogen and oxygen atoms in total. The molecule has 0 aliphatic carbocycles. The Kier molecular flexibility index (Phi) is 6.15. The minimum absolute atomic E-state index is 0.101. The summed E-state index contributed by atoms with van der Waals surface area (Å²) in [6, 6.07) is 5.62. The lowest BCUT2D eigenvalue weighted by Crippen LogP contribution is -2.54. The molecule has 6 heteroatoms. The molecule has 1 aromatic heterocycles. The van der Waals surface area contributed by atoms with Crippen LogP contribution in [0.3, 0.4) is 0 Å². The van der Waals surface area contributed by atoms with Gasteiger partial charge < -0.3 is 14.7 Å². The Labute approximate surface area is 131 Å². The standard InChI is InChI=1S/C16H25N3O3/c1-3-13-12-19(9-8-18(13)10-11-22-4-2)15-7-5-6-14(17-15)16(20)21/h5-7,13H,3-4,8-12H2,1-2H3,(H,20,21). The summed E-state index contributed by atoms with van der Waals surface area (Å²) in [7, 11) is 0. The Hall–Kier alpha value is -1.66. The maximum absolute atomic E-state index is 11.1. The highest BCUT2D eigenvalue weighted by molar-refractivity contribution is 5.85. The monoisotopic (exact) mass is 307 g/mol. The fourth-order valence-electron chi connectivity index (χ4n) is 2.83. The maximum atomic E-state index is 11.1. The third kappa shape index (κ3) is 4.18. The van der Waals surface area contributed by atoms with E-state index in [2.05, 4.69) is 21.7 Å². The Balaban J connectivity index is 2.00. The van der Waals surface area contributed by atoms with E-state index in [4.69, 9.17) is 9.84 Å². The van der Waals surface area contributed by atoms with E-state index < -0.39 is 5.97 Å². The van der Waals surface area contributed by atoms with Crippen LogP contribution in [0.4, 0.5) is 5.82 Å². The SMILES string of the molecule is CCOCCN1CCN(c2cccc(C(=O)O)n2)CC1CC. The largest absolute Gasteiger partial charge is 0.477 e. The van der Waals surface area contributed by atoms with Crippen molar-refractivity contribution in [2.24, 2.45) is 0 Å². The number of ether oxygens (including phenoxy) is 1. The molecule has 2 rings (SSSR count). The van der Waals surface area contributed by atoms with Gasteiger partial charge in [0.2, 0.25) is 0 Å². The van der Waals surface area contributed by atoms with Crippen molar-refractivity contribution in [2.45, 2.75) is 26.3 Å². The minimum Gasteiger partial charge on any atom is -0.477 e.